The Labute approximate surface area is 210 Å². The van der Waals surface area contributed by atoms with E-state index in [1.54, 1.807) is 44.4 Å². The number of anilines is 1. The number of hydrogen-bond donors (Lipinski definition) is 2. The standard InChI is InChI=1S/C26H26N6O3S/c1-17(2)30-36(33,34)31-19-9-7-18(8-10-19)25-23(16-27)22-12-11-21(35-26-28-13-4-14-29-26)15-24(22)32(25)20-5-3-6-20/h4,7-15,17,20,30-31H,3,5-6H2,1-2H3. The highest BCUT2D eigenvalue weighted by Gasteiger charge is 2.28. The fourth-order valence-electron chi connectivity index (χ4n) is 4.41. The van der Waals surface area contributed by atoms with Gasteiger partial charge >= 0.3 is 6.01 Å². The van der Waals surface area contributed by atoms with E-state index in [-0.39, 0.29) is 18.1 Å². The number of benzene rings is 2. The van der Waals surface area contributed by atoms with Crippen molar-refractivity contribution in [3.05, 3.63) is 66.5 Å². The first-order valence-electron chi connectivity index (χ1n) is 11.8. The molecule has 0 bridgehead atoms. The Kier molecular flexibility index (Phi) is 6.35. The Morgan fingerprint density at radius 3 is 2.44 bits per heavy atom. The summed E-state index contributed by atoms with van der Waals surface area (Å²) in [6.45, 7) is 3.52. The lowest BCUT2D eigenvalue weighted by Crippen LogP contribution is -2.35. The second-order valence-electron chi connectivity index (χ2n) is 9.06. The van der Waals surface area contributed by atoms with Crippen molar-refractivity contribution >= 4 is 26.8 Å². The monoisotopic (exact) mass is 502 g/mol. The molecule has 2 heterocycles. The van der Waals surface area contributed by atoms with E-state index < -0.39 is 10.2 Å². The van der Waals surface area contributed by atoms with Crippen LogP contribution in [0, 0.1) is 11.3 Å². The van der Waals surface area contributed by atoms with Crippen molar-refractivity contribution in [2.45, 2.75) is 45.2 Å². The van der Waals surface area contributed by atoms with Crippen LogP contribution in [0.1, 0.15) is 44.7 Å². The van der Waals surface area contributed by atoms with Gasteiger partial charge in [0, 0.05) is 41.6 Å². The van der Waals surface area contributed by atoms with E-state index in [0.717, 1.165) is 41.4 Å². The first-order valence-corrected chi connectivity index (χ1v) is 13.3. The van der Waals surface area contributed by atoms with Crippen molar-refractivity contribution in [2.24, 2.45) is 0 Å². The van der Waals surface area contributed by atoms with Gasteiger partial charge in [0.25, 0.3) is 10.2 Å². The van der Waals surface area contributed by atoms with E-state index in [0.29, 0.717) is 17.0 Å². The molecule has 9 nitrogen and oxygen atoms in total. The molecule has 0 atom stereocenters. The van der Waals surface area contributed by atoms with Crippen molar-refractivity contribution in [1.82, 2.24) is 19.3 Å². The van der Waals surface area contributed by atoms with Gasteiger partial charge in [0.15, 0.2) is 0 Å². The van der Waals surface area contributed by atoms with E-state index in [9.17, 15) is 13.7 Å². The molecule has 0 spiro atoms. The molecule has 2 N–H and O–H groups in total. The molecule has 1 fully saturated rings. The quantitative estimate of drug-likeness (QED) is 0.344. The molecule has 0 amide bonds. The van der Waals surface area contributed by atoms with Crippen molar-refractivity contribution in [1.29, 1.82) is 5.26 Å². The average Bonchev–Trinajstić information content (AvgIpc) is 3.11. The molecule has 184 valence electrons. The molecule has 2 aromatic carbocycles. The molecule has 1 aliphatic carbocycles. The van der Waals surface area contributed by atoms with Gasteiger partial charge in [-0.2, -0.15) is 18.4 Å². The maximum Gasteiger partial charge on any atom is 0.321 e. The Bertz CT molecular complexity index is 1540. The first kappa shape index (κ1) is 23.8. The molecule has 1 saturated carbocycles. The summed E-state index contributed by atoms with van der Waals surface area (Å²) in [5.41, 5.74) is 3.58. The Morgan fingerprint density at radius 2 is 1.83 bits per heavy atom. The van der Waals surface area contributed by atoms with Crippen molar-refractivity contribution < 1.29 is 13.2 Å². The Morgan fingerprint density at radius 1 is 1.11 bits per heavy atom. The number of ether oxygens (including phenoxy) is 1. The highest BCUT2D eigenvalue weighted by Crippen LogP contribution is 2.43. The smallest absolute Gasteiger partial charge is 0.321 e. The Hall–Kier alpha value is -3.94. The summed E-state index contributed by atoms with van der Waals surface area (Å²) >= 11 is 0. The fraction of sp³-hybridized carbons (Fsp3) is 0.269. The molecule has 5 rings (SSSR count). The summed E-state index contributed by atoms with van der Waals surface area (Å²) in [5.74, 6) is 0.588. The van der Waals surface area contributed by atoms with Crippen LogP contribution in [0.3, 0.4) is 0 Å². The lowest BCUT2D eigenvalue weighted by Gasteiger charge is -2.30. The van der Waals surface area contributed by atoms with Gasteiger partial charge in [0.2, 0.25) is 0 Å². The van der Waals surface area contributed by atoms with Crippen LogP contribution in [-0.2, 0) is 10.2 Å². The third-order valence-corrected chi connectivity index (χ3v) is 7.37. The van der Waals surface area contributed by atoms with E-state index in [4.69, 9.17) is 4.74 Å². The molecule has 2 aromatic heterocycles. The predicted molar refractivity (Wildman–Crippen MR) is 138 cm³/mol. The van der Waals surface area contributed by atoms with Crippen molar-refractivity contribution in [3.63, 3.8) is 0 Å². The Balaban J connectivity index is 1.56. The van der Waals surface area contributed by atoms with E-state index in [1.165, 1.54) is 0 Å². The lowest BCUT2D eigenvalue weighted by molar-refractivity contribution is 0.324. The summed E-state index contributed by atoms with van der Waals surface area (Å²) in [6, 6.07) is 17.1. The zero-order valence-corrected chi connectivity index (χ0v) is 20.8. The fourth-order valence-corrected chi connectivity index (χ4v) is 5.54. The number of aromatic nitrogens is 3. The average molecular weight is 503 g/mol. The SMILES string of the molecule is CC(C)NS(=O)(=O)Nc1ccc(-c2c(C#N)c3ccc(Oc4ncccn4)cc3n2C2CCC2)cc1. The molecule has 10 heteroatoms. The zero-order chi connectivity index (χ0) is 25.3. The molecule has 4 aromatic rings. The minimum absolute atomic E-state index is 0.222. The van der Waals surface area contributed by atoms with Gasteiger partial charge in [0.1, 0.15) is 11.8 Å². The first-order chi connectivity index (χ1) is 17.3. The van der Waals surface area contributed by atoms with Gasteiger partial charge in [-0.05, 0) is 69.0 Å². The number of nitriles is 1. The van der Waals surface area contributed by atoms with Crippen LogP contribution in [0.15, 0.2) is 60.9 Å². The molecule has 0 radical (unpaired) electrons. The number of rotatable bonds is 8. The van der Waals surface area contributed by atoms with Crippen LogP contribution in [0.25, 0.3) is 22.2 Å². The molecular weight excluding hydrogens is 476 g/mol. The van der Waals surface area contributed by atoms with Crippen LogP contribution in [0.5, 0.6) is 11.8 Å². The summed E-state index contributed by atoms with van der Waals surface area (Å²) in [7, 11) is -3.67. The van der Waals surface area contributed by atoms with Gasteiger partial charge < -0.3 is 9.30 Å². The molecule has 1 aliphatic rings. The topological polar surface area (TPSA) is 122 Å². The number of nitrogens with one attached hydrogen (secondary N) is 2. The molecule has 0 unspecified atom stereocenters. The highest BCUT2D eigenvalue weighted by atomic mass is 32.2. The van der Waals surface area contributed by atoms with Crippen LogP contribution in [-0.4, -0.2) is 29.0 Å². The predicted octanol–water partition coefficient (Wildman–Crippen LogP) is 5.14. The normalized spacial score (nSPS) is 13.9. The van der Waals surface area contributed by atoms with Gasteiger partial charge in [-0.1, -0.05) is 12.1 Å². The largest absolute Gasteiger partial charge is 0.424 e. The summed E-state index contributed by atoms with van der Waals surface area (Å²) < 4.78 is 37.6. The van der Waals surface area contributed by atoms with Crippen LogP contribution in [0.2, 0.25) is 0 Å². The summed E-state index contributed by atoms with van der Waals surface area (Å²) in [5, 5.41) is 11.0. The summed E-state index contributed by atoms with van der Waals surface area (Å²) in [4.78, 5) is 8.26. The van der Waals surface area contributed by atoms with Gasteiger partial charge in [-0.3, -0.25) is 4.72 Å². The van der Waals surface area contributed by atoms with Crippen LogP contribution >= 0.6 is 0 Å². The number of fused-ring (bicyclic) bond motifs is 1. The second kappa shape index (κ2) is 9.60. The maximum absolute atomic E-state index is 12.2. The molecule has 0 aliphatic heterocycles. The number of hydrogen-bond acceptors (Lipinski definition) is 6. The van der Waals surface area contributed by atoms with Crippen LogP contribution < -0.4 is 14.2 Å². The zero-order valence-electron chi connectivity index (χ0n) is 20.0. The van der Waals surface area contributed by atoms with Gasteiger partial charge in [-0.25, -0.2) is 9.97 Å². The second-order valence-corrected chi connectivity index (χ2v) is 10.5. The molecular formula is C26H26N6O3S. The van der Waals surface area contributed by atoms with E-state index >= 15 is 0 Å². The summed E-state index contributed by atoms with van der Waals surface area (Å²) in [6.07, 6.45) is 6.41. The minimum Gasteiger partial charge on any atom is -0.424 e. The third-order valence-electron chi connectivity index (χ3n) is 6.08. The van der Waals surface area contributed by atoms with E-state index in [1.807, 2.05) is 30.3 Å². The van der Waals surface area contributed by atoms with Crippen molar-refractivity contribution in [3.8, 4) is 29.1 Å². The molecule has 0 saturated heterocycles. The highest BCUT2D eigenvalue weighted by molar-refractivity contribution is 7.90. The number of nitrogens with zero attached hydrogens (tertiary/aromatic N) is 4. The maximum atomic E-state index is 12.2. The van der Waals surface area contributed by atoms with Gasteiger partial charge in [0.05, 0.1) is 16.8 Å². The van der Waals surface area contributed by atoms with Crippen molar-refractivity contribution in [2.75, 3.05) is 4.72 Å². The minimum atomic E-state index is -3.67. The van der Waals surface area contributed by atoms with Gasteiger partial charge in [-0.15, -0.1) is 0 Å². The lowest BCUT2D eigenvalue weighted by atomic mass is 9.92. The van der Waals surface area contributed by atoms with Crippen LogP contribution in [0.4, 0.5) is 5.69 Å². The molecule has 36 heavy (non-hydrogen) atoms. The third kappa shape index (κ3) is 4.76. The van der Waals surface area contributed by atoms with E-state index in [2.05, 4.69) is 30.0 Å².